The van der Waals surface area contributed by atoms with Gasteiger partial charge < -0.3 is 4.74 Å². The number of esters is 1. The van der Waals surface area contributed by atoms with Crippen LogP contribution in [-0.4, -0.2) is 5.97 Å². The van der Waals surface area contributed by atoms with E-state index in [0.717, 1.165) is 0 Å². The molecule has 2 heteroatoms. The van der Waals surface area contributed by atoms with E-state index in [-0.39, 0.29) is 5.97 Å². The molecule has 0 saturated heterocycles. The molecule has 1 spiro atoms. The molecule has 0 radical (unpaired) electrons. The van der Waals surface area contributed by atoms with Gasteiger partial charge in [-0.25, -0.2) is 0 Å². The normalized spacial score (nSPS) is 22.7. The van der Waals surface area contributed by atoms with E-state index in [1.807, 2.05) is 12.1 Å². The van der Waals surface area contributed by atoms with Crippen LogP contribution >= 0.6 is 0 Å². The number of fused-ring (bicyclic) bond motifs is 1. The summed E-state index contributed by atoms with van der Waals surface area (Å²) in [5.41, 5.74) is 1.92. The molecule has 0 aliphatic heterocycles. The van der Waals surface area contributed by atoms with Crippen LogP contribution < -0.4 is 4.74 Å². The lowest BCUT2D eigenvalue weighted by Crippen LogP contribution is -2.09. The summed E-state index contributed by atoms with van der Waals surface area (Å²) in [5.74, 6) is 1.09. The second kappa shape index (κ2) is 5.12. The lowest BCUT2D eigenvalue weighted by molar-refractivity contribution is -0.131. The number of hydrogen-bond acceptors (Lipinski definition) is 2. The Labute approximate surface area is 131 Å². The van der Waals surface area contributed by atoms with Crippen LogP contribution in [0.4, 0.5) is 0 Å². The van der Waals surface area contributed by atoms with E-state index in [1.165, 1.54) is 61.8 Å². The number of carbonyl (C=O) groups excluding carboxylic acids is 1. The summed E-state index contributed by atoms with van der Waals surface area (Å²) in [6, 6.07) is 12.6. The third-order valence-electron chi connectivity index (χ3n) is 5.54. The van der Waals surface area contributed by atoms with Crippen molar-refractivity contribution in [3.63, 3.8) is 0 Å². The maximum atomic E-state index is 11.3. The van der Waals surface area contributed by atoms with E-state index in [1.54, 1.807) is 0 Å². The largest absolute Gasteiger partial charge is 0.427 e. The van der Waals surface area contributed by atoms with Crippen LogP contribution in [0.25, 0.3) is 10.8 Å². The molecule has 0 aromatic heterocycles. The van der Waals surface area contributed by atoms with Crippen LogP contribution in [0.2, 0.25) is 0 Å². The Morgan fingerprint density at radius 3 is 2.68 bits per heavy atom. The van der Waals surface area contributed by atoms with Crippen LogP contribution in [-0.2, 0) is 4.79 Å². The average molecular weight is 294 g/mol. The first-order valence-corrected chi connectivity index (χ1v) is 8.39. The van der Waals surface area contributed by atoms with Crippen molar-refractivity contribution in [2.45, 2.75) is 51.4 Å². The first-order chi connectivity index (χ1) is 10.7. The summed E-state index contributed by atoms with van der Waals surface area (Å²) in [4.78, 5) is 11.3. The van der Waals surface area contributed by atoms with Gasteiger partial charge in [0, 0.05) is 6.92 Å². The minimum Gasteiger partial charge on any atom is -0.427 e. The molecule has 22 heavy (non-hydrogen) atoms. The van der Waals surface area contributed by atoms with Crippen molar-refractivity contribution in [3.05, 3.63) is 42.0 Å². The lowest BCUT2D eigenvalue weighted by atomic mass is 9.82. The molecule has 0 bridgehead atoms. The molecular formula is C20H22O2. The topological polar surface area (TPSA) is 26.3 Å². The van der Waals surface area contributed by atoms with E-state index in [9.17, 15) is 4.79 Å². The fourth-order valence-electron chi connectivity index (χ4n) is 4.42. The maximum absolute atomic E-state index is 11.3. The molecule has 0 N–H and O–H groups in total. The zero-order chi connectivity index (χ0) is 15.2. The van der Waals surface area contributed by atoms with E-state index < -0.39 is 0 Å². The van der Waals surface area contributed by atoms with Gasteiger partial charge in [0.1, 0.15) is 5.75 Å². The Bertz CT molecular complexity index is 726. The minimum atomic E-state index is -0.246. The van der Waals surface area contributed by atoms with E-state index >= 15 is 0 Å². The molecule has 2 aromatic carbocycles. The van der Waals surface area contributed by atoms with Crippen molar-refractivity contribution < 1.29 is 9.53 Å². The van der Waals surface area contributed by atoms with Crippen LogP contribution in [0.1, 0.15) is 56.9 Å². The van der Waals surface area contributed by atoms with Crippen molar-refractivity contribution in [3.8, 4) is 5.75 Å². The van der Waals surface area contributed by atoms with E-state index in [4.69, 9.17) is 4.74 Å². The average Bonchev–Trinajstić information content (AvgIpc) is 3.19. The number of carbonyl (C=O) groups is 1. The molecule has 1 unspecified atom stereocenters. The van der Waals surface area contributed by atoms with Crippen LogP contribution in [0.3, 0.4) is 0 Å². The monoisotopic (exact) mass is 294 g/mol. The van der Waals surface area contributed by atoms with Gasteiger partial charge in [-0.15, -0.1) is 0 Å². The fraction of sp³-hybridized carbons (Fsp3) is 0.450. The van der Waals surface area contributed by atoms with Gasteiger partial charge in [0.15, 0.2) is 0 Å². The molecule has 2 aliphatic rings. The van der Waals surface area contributed by atoms with E-state index in [0.29, 0.717) is 17.1 Å². The predicted molar refractivity (Wildman–Crippen MR) is 88.1 cm³/mol. The SMILES string of the molecule is CC(=O)Oc1cc(C2CC23CCCCC3)c2ccccc2c1. The van der Waals surface area contributed by atoms with Gasteiger partial charge in [0.05, 0.1) is 0 Å². The molecule has 2 aliphatic carbocycles. The highest BCUT2D eigenvalue weighted by Gasteiger charge is 2.54. The molecule has 1 atom stereocenters. The van der Waals surface area contributed by atoms with Gasteiger partial charge in [0.25, 0.3) is 0 Å². The van der Waals surface area contributed by atoms with Gasteiger partial charge in [-0.2, -0.15) is 0 Å². The molecule has 2 saturated carbocycles. The second-order valence-electron chi connectivity index (χ2n) is 7.01. The summed E-state index contributed by atoms with van der Waals surface area (Å²) in [5, 5.41) is 2.50. The number of ether oxygens (including phenoxy) is 1. The molecule has 0 amide bonds. The maximum Gasteiger partial charge on any atom is 0.308 e. The number of hydrogen-bond donors (Lipinski definition) is 0. The van der Waals surface area contributed by atoms with Crippen LogP contribution in [0, 0.1) is 5.41 Å². The van der Waals surface area contributed by atoms with Gasteiger partial charge in [-0.1, -0.05) is 43.5 Å². The Hall–Kier alpha value is -1.83. The van der Waals surface area contributed by atoms with Gasteiger partial charge >= 0.3 is 5.97 Å². The number of rotatable bonds is 2. The fourth-order valence-corrected chi connectivity index (χ4v) is 4.42. The molecule has 2 aromatic rings. The highest BCUT2D eigenvalue weighted by Crippen LogP contribution is 2.67. The van der Waals surface area contributed by atoms with Crippen molar-refractivity contribution in [1.29, 1.82) is 0 Å². The second-order valence-corrected chi connectivity index (χ2v) is 7.01. The predicted octanol–water partition coefficient (Wildman–Crippen LogP) is 5.20. The molecule has 114 valence electrons. The minimum absolute atomic E-state index is 0.246. The van der Waals surface area contributed by atoms with Gasteiger partial charge in [-0.05, 0) is 59.1 Å². The third-order valence-corrected chi connectivity index (χ3v) is 5.54. The summed E-state index contributed by atoms with van der Waals surface area (Å²) >= 11 is 0. The van der Waals surface area contributed by atoms with Gasteiger partial charge in [0.2, 0.25) is 0 Å². The lowest BCUT2D eigenvalue weighted by Gasteiger charge is -2.23. The summed E-state index contributed by atoms with van der Waals surface area (Å²) in [6.07, 6.45) is 8.17. The molecular weight excluding hydrogens is 272 g/mol. The first kappa shape index (κ1) is 13.8. The third kappa shape index (κ3) is 2.31. The zero-order valence-corrected chi connectivity index (χ0v) is 13.1. The Kier molecular flexibility index (Phi) is 3.21. The van der Waals surface area contributed by atoms with Crippen LogP contribution in [0.15, 0.2) is 36.4 Å². The summed E-state index contributed by atoms with van der Waals surface area (Å²) in [6.45, 7) is 1.47. The number of benzene rings is 2. The van der Waals surface area contributed by atoms with Crippen LogP contribution in [0.5, 0.6) is 5.75 Å². The molecule has 2 nitrogen and oxygen atoms in total. The quantitative estimate of drug-likeness (QED) is 0.562. The Morgan fingerprint density at radius 2 is 1.91 bits per heavy atom. The molecule has 2 fully saturated rings. The summed E-state index contributed by atoms with van der Waals surface area (Å²) < 4.78 is 5.38. The van der Waals surface area contributed by atoms with E-state index in [2.05, 4.69) is 24.3 Å². The van der Waals surface area contributed by atoms with Crippen molar-refractivity contribution in [2.24, 2.45) is 5.41 Å². The highest BCUT2D eigenvalue weighted by molar-refractivity contribution is 5.89. The highest BCUT2D eigenvalue weighted by atomic mass is 16.5. The van der Waals surface area contributed by atoms with Crippen molar-refractivity contribution in [1.82, 2.24) is 0 Å². The molecule has 4 rings (SSSR count). The first-order valence-electron chi connectivity index (χ1n) is 8.39. The zero-order valence-electron chi connectivity index (χ0n) is 13.1. The summed E-state index contributed by atoms with van der Waals surface area (Å²) in [7, 11) is 0. The smallest absolute Gasteiger partial charge is 0.308 e. The Morgan fingerprint density at radius 1 is 1.14 bits per heavy atom. The molecule has 0 heterocycles. The van der Waals surface area contributed by atoms with Crippen molar-refractivity contribution in [2.75, 3.05) is 0 Å². The van der Waals surface area contributed by atoms with Gasteiger partial charge in [-0.3, -0.25) is 4.79 Å². The van der Waals surface area contributed by atoms with Crippen molar-refractivity contribution >= 4 is 16.7 Å². The Balaban J connectivity index is 1.77. The standard InChI is InChI=1S/C20H22O2/c1-14(21)22-16-11-15-7-3-4-8-17(15)18(12-16)19-13-20(19)9-5-2-6-10-20/h3-4,7-8,11-12,19H,2,5-6,9-10,13H2,1H3.